The maximum Gasteiger partial charge on any atom is 0.315 e. The van der Waals surface area contributed by atoms with Crippen LogP contribution in [0.4, 0.5) is 4.79 Å². The van der Waals surface area contributed by atoms with Gasteiger partial charge in [0.05, 0.1) is 12.1 Å². The van der Waals surface area contributed by atoms with Gasteiger partial charge in [-0.2, -0.15) is 0 Å². The van der Waals surface area contributed by atoms with Crippen LogP contribution in [0, 0.1) is 5.92 Å². The summed E-state index contributed by atoms with van der Waals surface area (Å²) in [5, 5.41) is 17.4. The molecular weight excluding hydrogens is 260 g/mol. The first-order valence-corrected chi connectivity index (χ1v) is 7.66. The number of hydrogen-bond acceptors (Lipinski definition) is 3. The van der Waals surface area contributed by atoms with Gasteiger partial charge in [0, 0.05) is 11.4 Å². The predicted molar refractivity (Wildman–Crippen MR) is 79.3 cm³/mol. The second-order valence-corrected chi connectivity index (χ2v) is 6.09. The van der Waals surface area contributed by atoms with Crippen LogP contribution < -0.4 is 10.6 Å². The molecule has 3 N–H and O–H groups in total. The summed E-state index contributed by atoms with van der Waals surface area (Å²) in [4.78, 5) is 12.9. The molecule has 1 rings (SSSR count). The second kappa shape index (κ2) is 8.17. The van der Waals surface area contributed by atoms with Crippen LogP contribution in [-0.2, 0) is 0 Å². The van der Waals surface area contributed by atoms with E-state index in [2.05, 4.69) is 10.6 Å². The highest BCUT2D eigenvalue weighted by Gasteiger charge is 2.14. The molecule has 0 aliphatic carbocycles. The molecular formula is C14H24N2O2S. The number of aliphatic hydroxyl groups is 1. The normalized spacial score (nSPS) is 14.2. The first kappa shape index (κ1) is 16.0. The van der Waals surface area contributed by atoms with Crippen molar-refractivity contribution < 1.29 is 9.90 Å². The predicted octanol–water partition coefficient (Wildman–Crippen LogP) is 2.91. The molecule has 0 aliphatic rings. The Labute approximate surface area is 119 Å². The quantitative estimate of drug-likeness (QED) is 0.721. The molecule has 4 nitrogen and oxygen atoms in total. The highest BCUT2D eigenvalue weighted by molar-refractivity contribution is 7.10. The zero-order chi connectivity index (χ0) is 14.3. The third-order valence-electron chi connectivity index (χ3n) is 2.84. The van der Waals surface area contributed by atoms with Crippen molar-refractivity contribution in [1.82, 2.24) is 10.6 Å². The van der Waals surface area contributed by atoms with Crippen molar-refractivity contribution in [2.24, 2.45) is 5.92 Å². The molecule has 0 bridgehead atoms. The van der Waals surface area contributed by atoms with Crippen LogP contribution >= 0.6 is 11.3 Å². The van der Waals surface area contributed by atoms with Gasteiger partial charge in [0.1, 0.15) is 0 Å². The molecule has 1 aromatic heterocycles. The lowest BCUT2D eigenvalue weighted by Gasteiger charge is -2.18. The van der Waals surface area contributed by atoms with Crippen LogP contribution in [0.2, 0.25) is 0 Å². The van der Waals surface area contributed by atoms with Gasteiger partial charge in [0.15, 0.2) is 0 Å². The van der Waals surface area contributed by atoms with Crippen LogP contribution in [0.5, 0.6) is 0 Å². The molecule has 2 unspecified atom stereocenters. The monoisotopic (exact) mass is 284 g/mol. The number of thiophene rings is 1. The molecule has 0 aliphatic heterocycles. The topological polar surface area (TPSA) is 61.4 Å². The molecule has 5 heteroatoms. The molecule has 2 atom stereocenters. The average Bonchev–Trinajstić information content (AvgIpc) is 2.86. The van der Waals surface area contributed by atoms with Gasteiger partial charge in [-0.25, -0.2) is 4.79 Å². The van der Waals surface area contributed by atoms with Gasteiger partial charge < -0.3 is 15.7 Å². The highest BCUT2D eigenvalue weighted by Crippen LogP contribution is 2.21. The summed E-state index contributed by atoms with van der Waals surface area (Å²) in [6.07, 6.45) is 1.07. The molecule has 0 fully saturated rings. The van der Waals surface area contributed by atoms with Crippen LogP contribution in [0.25, 0.3) is 0 Å². The molecule has 2 amide bonds. The van der Waals surface area contributed by atoms with Crippen molar-refractivity contribution in [1.29, 1.82) is 0 Å². The Morgan fingerprint density at radius 1 is 1.47 bits per heavy atom. The lowest BCUT2D eigenvalue weighted by molar-refractivity contribution is 0.146. The van der Waals surface area contributed by atoms with Gasteiger partial charge >= 0.3 is 6.03 Å². The minimum atomic E-state index is -0.479. The Morgan fingerprint density at radius 2 is 2.21 bits per heavy atom. The fourth-order valence-electron chi connectivity index (χ4n) is 1.91. The third kappa shape index (κ3) is 6.07. The van der Waals surface area contributed by atoms with Crippen LogP contribution in [0.15, 0.2) is 17.5 Å². The highest BCUT2D eigenvalue weighted by atomic mass is 32.1. The molecule has 1 aromatic rings. The summed E-state index contributed by atoms with van der Waals surface area (Å²) in [7, 11) is 0. The average molecular weight is 284 g/mol. The van der Waals surface area contributed by atoms with E-state index >= 15 is 0 Å². The van der Waals surface area contributed by atoms with Crippen molar-refractivity contribution in [3.63, 3.8) is 0 Å². The van der Waals surface area contributed by atoms with E-state index in [9.17, 15) is 9.90 Å². The third-order valence-corrected chi connectivity index (χ3v) is 3.83. The first-order valence-electron chi connectivity index (χ1n) is 6.78. The van der Waals surface area contributed by atoms with Gasteiger partial charge in [-0.05, 0) is 30.2 Å². The summed E-state index contributed by atoms with van der Waals surface area (Å²) >= 11 is 1.64. The van der Waals surface area contributed by atoms with E-state index in [1.54, 1.807) is 11.3 Å². The Hall–Kier alpha value is -1.07. The molecule has 19 heavy (non-hydrogen) atoms. The number of urea groups is 1. The number of nitrogens with one attached hydrogen (secondary N) is 2. The van der Waals surface area contributed by atoms with Crippen molar-refractivity contribution >= 4 is 17.4 Å². The van der Waals surface area contributed by atoms with Crippen LogP contribution in [-0.4, -0.2) is 23.8 Å². The molecule has 0 saturated carbocycles. The molecule has 0 saturated heterocycles. The van der Waals surface area contributed by atoms with Crippen molar-refractivity contribution in [3.8, 4) is 0 Å². The maximum atomic E-state index is 11.8. The van der Waals surface area contributed by atoms with E-state index in [4.69, 9.17) is 0 Å². The standard InChI is InChI=1S/C14H24N2O2S/c1-4-12(13-6-5-7-19-13)16-14(18)15-9-11(17)8-10(2)3/h5-7,10-12,17H,4,8-9H2,1-3H3,(H2,15,16,18). The van der Waals surface area contributed by atoms with E-state index in [-0.39, 0.29) is 12.1 Å². The molecule has 0 aromatic carbocycles. The second-order valence-electron chi connectivity index (χ2n) is 5.11. The summed E-state index contributed by atoms with van der Waals surface area (Å²) in [6.45, 7) is 6.43. The lowest BCUT2D eigenvalue weighted by atomic mass is 10.1. The number of rotatable bonds is 7. The van der Waals surface area contributed by atoms with Gasteiger partial charge in [-0.15, -0.1) is 11.3 Å². The SMILES string of the molecule is CCC(NC(=O)NCC(O)CC(C)C)c1cccs1. The Kier molecular flexibility index (Phi) is 6.87. The zero-order valence-electron chi connectivity index (χ0n) is 11.8. The number of carbonyl (C=O) groups is 1. The fraction of sp³-hybridized carbons (Fsp3) is 0.643. The maximum absolute atomic E-state index is 11.8. The number of hydrogen-bond donors (Lipinski definition) is 3. The van der Waals surface area contributed by atoms with Crippen molar-refractivity contribution in [3.05, 3.63) is 22.4 Å². The minimum absolute atomic E-state index is 0.0437. The van der Waals surface area contributed by atoms with E-state index in [1.807, 2.05) is 38.3 Å². The van der Waals surface area contributed by atoms with Crippen LogP contribution in [0.1, 0.15) is 44.5 Å². The molecule has 1 heterocycles. The van der Waals surface area contributed by atoms with E-state index < -0.39 is 6.10 Å². The van der Waals surface area contributed by atoms with E-state index in [1.165, 1.54) is 0 Å². The molecule has 0 radical (unpaired) electrons. The Balaban J connectivity index is 2.34. The Bertz CT molecular complexity index is 366. The molecule has 108 valence electrons. The van der Waals surface area contributed by atoms with Gasteiger partial charge in [-0.3, -0.25) is 0 Å². The minimum Gasteiger partial charge on any atom is -0.391 e. The summed E-state index contributed by atoms with van der Waals surface area (Å²) in [5.74, 6) is 0.425. The summed E-state index contributed by atoms with van der Waals surface area (Å²) in [6, 6.07) is 3.83. The first-order chi connectivity index (χ1) is 9.02. The summed E-state index contributed by atoms with van der Waals surface area (Å²) in [5.41, 5.74) is 0. The van der Waals surface area contributed by atoms with Gasteiger partial charge in [0.2, 0.25) is 0 Å². The molecule has 0 spiro atoms. The van der Waals surface area contributed by atoms with E-state index in [0.717, 1.165) is 11.3 Å². The van der Waals surface area contributed by atoms with Crippen molar-refractivity contribution in [2.75, 3.05) is 6.54 Å². The number of aliphatic hydroxyl groups excluding tert-OH is 1. The number of carbonyl (C=O) groups excluding carboxylic acids is 1. The fourth-order valence-corrected chi connectivity index (χ4v) is 2.77. The summed E-state index contributed by atoms with van der Waals surface area (Å²) < 4.78 is 0. The van der Waals surface area contributed by atoms with E-state index in [0.29, 0.717) is 18.9 Å². The van der Waals surface area contributed by atoms with Crippen LogP contribution in [0.3, 0.4) is 0 Å². The Morgan fingerprint density at radius 3 is 2.74 bits per heavy atom. The zero-order valence-corrected chi connectivity index (χ0v) is 12.7. The largest absolute Gasteiger partial charge is 0.391 e. The van der Waals surface area contributed by atoms with Gasteiger partial charge in [0.25, 0.3) is 0 Å². The lowest BCUT2D eigenvalue weighted by Crippen LogP contribution is -2.41. The van der Waals surface area contributed by atoms with Crippen molar-refractivity contribution in [2.45, 2.75) is 45.8 Å². The number of amides is 2. The van der Waals surface area contributed by atoms with Gasteiger partial charge in [-0.1, -0.05) is 26.8 Å². The smallest absolute Gasteiger partial charge is 0.315 e.